The Labute approximate surface area is 153 Å². The Bertz CT molecular complexity index is 624. The van der Waals surface area contributed by atoms with Gasteiger partial charge in [0.25, 0.3) is 0 Å². The minimum absolute atomic E-state index is 0.0944. The van der Waals surface area contributed by atoms with Crippen molar-refractivity contribution in [3.63, 3.8) is 0 Å². The number of piperidine rings is 1. The summed E-state index contributed by atoms with van der Waals surface area (Å²) in [5.74, 6) is 1.56. The second kappa shape index (κ2) is 6.86. The molecule has 3 aliphatic rings. The van der Waals surface area contributed by atoms with Crippen LogP contribution in [0.4, 0.5) is 0 Å². The van der Waals surface area contributed by atoms with Crippen molar-refractivity contribution in [2.45, 2.75) is 44.1 Å². The van der Waals surface area contributed by atoms with Gasteiger partial charge in [0.15, 0.2) is 0 Å². The van der Waals surface area contributed by atoms with Crippen molar-refractivity contribution in [2.24, 2.45) is 11.8 Å². The molecule has 3 fully saturated rings. The summed E-state index contributed by atoms with van der Waals surface area (Å²) in [4.78, 5) is 14.8. The van der Waals surface area contributed by atoms with Crippen molar-refractivity contribution in [1.82, 2.24) is 10.2 Å². The number of carbonyl (C=O) groups is 1. The van der Waals surface area contributed by atoms with Crippen molar-refractivity contribution in [1.29, 1.82) is 0 Å². The Morgan fingerprint density at radius 3 is 2.62 bits per heavy atom. The zero-order valence-electron chi connectivity index (χ0n) is 13.8. The molecule has 1 amide bonds. The number of nitrogens with one attached hydrogen (secondary N) is 1. The van der Waals surface area contributed by atoms with Gasteiger partial charge in [0.2, 0.25) is 5.91 Å². The number of benzene rings is 1. The first-order valence-corrected chi connectivity index (χ1v) is 9.85. The van der Waals surface area contributed by atoms with Gasteiger partial charge in [-0.2, -0.15) is 0 Å². The number of carbonyl (C=O) groups excluding carboxylic acids is 1. The quantitative estimate of drug-likeness (QED) is 0.850. The molecule has 0 aromatic heterocycles. The van der Waals surface area contributed by atoms with E-state index in [9.17, 15) is 4.79 Å². The summed E-state index contributed by atoms with van der Waals surface area (Å²) in [5, 5.41) is 4.86. The summed E-state index contributed by atoms with van der Waals surface area (Å²) in [6.45, 7) is 2.93. The summed E-state index contributed by atoms with van der Waals surface area (Å²) in [6.07, 6.45) is 5.83. The first kappa shape index (κ1) is 16.7. The van der Waals surface area contributed by atoms with E-state index in [1.165, 1.54) is 12.8 Å². The predicted octanol–water partition coefficient (Wildman–Crippen LogP) is 4.09. The van der Waals surface area contributed by atoms with Crippen LogP contribution in [-0.2, 0) is 4.79 Å². The normalized spacial score (nSPS) is 27.3. The Morgan fingerprint density at radius 1 is 1.17 bits per heavy atom. The van der Waals surface area contributed by atoms with Gasteiger partial charge in [-0.3, -0.25) is 4.79 Å². The van der Waals surface area contributed by atoms with Crippen molar-refractivity contribution in [2.75, 3.05) is 19.6 Å². The van der Waals surface area contributed by atoms with E-state index in [1.54, 1.807) is 6.07 Å². The van der Waals surface area contributed by atoms with Gasteiger partial charge in [-0.15, -0.1) is 0 Å². The molecule has 3 nitrogen and oxygen atoms in total. The zero-order chi connectivity index (χ0) is 16.7. The lowest BCUT2D eigenvalue weighted by Gasteiger charge is -2.33. The minimum atomic E-state index is 0.0944. The number of amides is 1. The third kappa shape index (κ3) is 3.58. The van der Waals surface area contributed by atoms with Gasteiger partial charge in [-0.1, -0.05) is 35.3 Å². The van der Waals surface area contributed by atoms with Crippen molar-refractivity contribution >= 4 is 29.1 Å². The third-order valence-corrected chi connectivity index (χ3v) is 6.52. The van der Waals surface area contributed by atoms with E-state index in [2.05, 4.69) is 10.2 Å². The molecule has 0 radical (unpaired) electrons. The van der Waals surface area contributed by atoms with Gasteiger partial charge in [0.05, 0.1) is 10.0 Å². The lowest BCUT2D eigenvalue weighted by molar-refractivity contribution is -0.133. The lowest BCUT2D eigenvalue weighted by atomic mass is 10.0. The molecule has 4 rings (SSSR count). The molecule has 2 aliphatic carbocycles. The molecule has 2 saturated carbocycles. The maximum absolute atomic E-state index is 12.8. The van der Waals surface area contributed by atoms with Gasteiger partial charge < -0.3 is 10.2 Å². The fourth-order valence-electron chi connectivity index (χ4n) is 3.81. The molecule has 2 atom stereocenters. The second-order valence-corrected chi connectivity index (χ2v) is 8.33. The van der Waals surface area contributed by atoms with Crippen LogP contribution in [0.3, 0.4) is 0 Å². The highest BCUT2D eigenvalue weighted by molar-refractivity contribution is 6.42. The average Bonchev–Trinajstić information content (AvgIpc) is 3.49. The van der Waals surface area contributed by atoms with E-state index in [0.717, 1.165) is 50.4 Å². The molecule has 130 valence electrons. The smallest absolute Gasteiger partial charge is 0.226 e. The van der Waals surface area contributed by atoms with Crippen LogP contribution in [0.15, 0.2) is 18.2 Å². The summed E-state index contributed by atoms with van der Waals surface area (Å²) in [6, 6.07) is 6.30. The van der Waals surface area contributed by atoms with Crippen LogP contribution < -0.4 is 5.32 Å². The molecule has 0 spiro atoms. The summed E-state index contributed by atoms with van der Waals surface area (Å²) in [7, 11) is 0. The number of likely N-dealkylation sites (tertiary alicyclic amines) is 1. The first-order valence-electron chi connectivity index (χ1n) is 9.09. The van der Waals surface area contributed by atoms with Crippen molar-refractivity contribution in [3.05, 3.63) is 33.8 Å². The number of rotatable bonds is 5. The van der Waals surface area contributed by atoms with Crippen molar-refractivity contribution in [3.8, 4) is 0 Å². The Balaban J connectivity index is 1.29. The summed E-state index contributed by atoms with van der Waals surface area (Å²) < 4.78 is 0. The van der Waals surface area contributed by atoms with Crippen molar-refractivity contribution < 1.29 is 4.79 Å². The number of halogens is 2. The largest absolute Gasteiger partial charge is 0.342 e. The van der Waals surface area contributed by atoms with E-state index >= 15 is 0 Å². The van der Waals surface area contributed by atoms with Crippen LogP contribution in [0.25, 0.3) is 0 Å². The predicted molar refractivity (Wildman–Crippen MR) is 97.6 cm³/mol. The molecule has 1 heterocycles. The van der Waals surface area contributed by atoms with Crippen LogP contribution in [0.5, 0.6) is 0 Å². The third-order valence-electron chi connectivity index (χ3n) is 5.69. The molecule has 1 saturated heterocycles. The summed E-state index contributed by atoms with van der Waals surface area (Å²) >= 11 is 12.4. The standard InChI is InChI=1S/C19H24Cl2N2O/c20-17-3-1-2-14(18(17)21)15-10-16(15)19(24)23-8-6-13(7-9-23)22-11-12-4-5-12/h1-3,12-13,15-16,22H,4-11H2. The van der Waals surface area contributed by atoms with Crippen LogP contribution in [0.2, 0.25) is 10.0 Å². The SMILES string of the molecule is O=C(C1CC1c1cccc(Cl)c1Cl)N1CCC(NCC2CC2)CC1. The van der Waals surface area contributed by atoms with Gasteiger partial charge in [-0.25, -0.2) is 0 Å². The van der Waals surface area contributed by atoms with E-state index < -0.39 is 0 Å². The van der Waals surface area contributed by atoms with Crippen LogP contribution in [0.1, 0.15) is 43.6 Å². The van der Waals surface area contributed by atoms with Crippen LogP contribution in [0, 0.1) is 11.8 Å². The fourth-order valence-corrected chi connectivity index (χ4v) is 4.26. The average molecular weight is 367 g/mol. The van der Waals surface area contributed by atoms with Crippen LogP contribution >= 0.6 is 23.2 Å². The van der Waals surface area contributed by atoms with Gasteiger partial charge in [0, 0.05) is 25.0 Å². The highest BCUT2D eigenvalue weighted by Crippen LogP contribution is 2.51. The van der Waals surface area contributed by atoms with Crippen LogP contribution in [-0.4, -0.2) is 36.5 Å². The first-order chi connectivity index (χ1) is 11.6. The molecule has 0 bridgehead atoms. The fraction of sp³-hybridized carbons (Fsp3) is 0.632. The molecule has 1 aromatic carbocycles. The van der Waals surface area contributed by atoms with Gasteiger partial charge in [-0.05, 0) is 62.1 Å². The van der Waals surface area contributed by atoms with E-state index in [4.69, 9.17) is 23.2 Å². The Hall–Kier alpha value is -0.770. The highest BCUT2D eigenvalue weighted by atomic mass is 35.5. The van der Waals surface area contributed by atoms with Gasteiger partial charge in [0.1, 0.15) is 0 Å². The second-order valence-electron chi connectivity index (χ2n) is 7.54. The molecule has 1 aromatic rings. The molecule has 1 N–H and O–H groups in total. The minimum Gasteiger partial charge on any atom is -0.342 e. The topological polar surface area (TPSA) is 32.3 Å². The highest BCUT2D eigenvalue weighted by Gasteiger charge is 2.47. The number of hydrogen-bond donors (Lipinski definition) is 1. The van der Waals surface area contributed by atoms with E-state index in [-0.39, 0.29) is 11.8 Å². The number of hydrogen-bond acceptors (Lipinski definition) is 2. The maximum atomic E-state index is 12.8. The molecule has 24 heavy (non-hydrogen) atoms. The zero-order valence-corrected chi connectivity index (χ0v) is 15.3. The van der Waals surface area contributed by atoms with E-state index in [1.807, 2.05) is 12.1 Å². The molecule has 5 heteroatoms. The molecular formula is C19H24Cl2N2O. The van der Waals surface area contributed by atoms with Gasteiger partial charge >= 0.3 is 0 Å². The monoisotopic (exact) mass is 366 g/mol. The molecule has 2 unspecified atom stereocenters. The lowest BCUT2D eigenvalue weighted by Crippen LogP contribution is -2.46. The summed E-state index contributed by atoms with van der Waals surface area (Å²) in [5.41, 5.74) is 1.03. The Morgan fingerprint density at radius 2 is 1.92 bits per heavy atom. The Kier molecular flexibility index (Phi) is 4.77. The number of nitrogens with zero attached hydrogens (tertiary/aromatic N) is 1. The molecular weight excluding hydrogens is 343 g/mol. The maximum Gasteiger partial charge on any atom is 0.226 e. The van der Waals surface area contributed by atoms with E-state index in [0.29, 0.717) is 22.0 Å². The molecule has 1 aliphatic heterocycles.